The molecule has 0 bridgehead atoms. The SMILES string of the molecule is CCOC1CC(N)(C(=O)N2CCN(CCOc3ccccc3)CC2)C1(C)C. The lowest BCUT2D eigenvalue weighted by molar-refractivity contribution is -0.180. The number of nitrogens with two attached hydrogens (primary N) is 1. The normalized spacial score (nSPS) is 27.9. The highest BCUT2D eigenvalue weighted by Gasteiger charge is 2.63. The van der Waals surface area contributed by atoms with Crippen molar-refractivity contribution in [3.8, 4) is 5.75 Å². The van der Waals surface area contributed by atoms with Gasteiger partial charge in [0.25, 0.3) is 0 Å². The number of benzene rings is 1. The van der Waals surface area contributed by atoms with Crippen molar-refractivity contribution in [1.29, 1.82) is 0 Å². The maximum absolute atomic E-state index is 13.1. The van der Waals surface area contributed by atoms with E-state index in [1.165, 1.54) is 0 Å². The second-order valence-electron chi connectivity index (χ2n) is 8.14. The minimum absolute atomic E-state index is 0.0628. The van der Waals surface area contributed by atoms with Gasteiger partial charge in [0.2, 0.25) is 5.91 Å². The van der Waals surface area contributed by atoms with Gasteiger partial charge in [-0.2, -0.15) is 0 Å². The first-order chi connectivity index (χ1) is 12.9. The lowest BCUT2D eigenvalue weighted by Gasteiger charge is -2.59. The molecular formula is C21H33N3O3. The van der Waals surface area contributed by atoms with Gasteiger partial charge in [-0.1, -0.05) is 32.0 Å². The van der Waals surface area contributed by atoms with Crippen LogP contribution in [0, 0.1) is 5.41 Å². The second-order valence-corrected chi connectivity index (χ2v) is 8.14. The average Bonchev–Trinajstić information content (AvgIpc) is 2.68. The number of para-hydroxylation sites is 1. The molecule has 1 saturated heterocycles. The zero-order valence-corrected chi connectivity index (χ0v) is 16.8. The summed E-state index contributed by atoms with van der Waals surface area (Å²) in [5.74, 6) is 0.969. The van der Waals surface area contributed by atoms with Gasteiger partial charge in [-0.25, -0.2) is 0 Å². The molecule has 0 aromatic heterocycles. The van der Waals surface area contributed by atoms with Crippen molar-refractivity contribution >= 4 is 5.91 Å². The van der Waals surface area contributed by atoms with Crippen molar-refractivity contribution in [2.75, 3.05) is 45.9 Å². The van der Waals surface area contributed by atoms with Gasteiger partial charge in [0.15, 0.2) is 0 Å². The standard InChI is InChI=1S/C21H33N3O3/c1-4-26-18-16-21(22,20(18,2)3)19(25)24-12-10-23(11-13-24)14-15-27-17-8-6-5-7-9-17/h5-9,18H,4,10-16,22H2,1-3H3. The Morgan fingerprint density at radius 1 is 1.19 bits per heavy atom. The monoisotopic (exact) mass is 375 g/mol. The van der Waals surface area contributed by atoms with E-state index < -0.39 is 5.54 Å². The summed E-state index contributed by atoms with van der Waals surface area (Å²) in [5, 5.41) is 0. The Balaban J connectivity index is 1.44. The highest BCUT2D eigenvalue weighted by Crippen LogP contribution is 2.50. The molecule has 1 aliphatic carbocycles. The van der Waals surface area contributed by atoms with Crippen molar-refractivity contribution in [1.82, 2.24) is 9.80 Å². The molecular weight excluding hydrogens is 342 g/mol. The molecule has 1 saturated carbocycles. The summed E-state index contributed by atoms with van der Waals surface area (Å²) in [6.45, 7) is 11.4. The van der Waals surface area contributed by atoms with Crippen molar-refractivity contribution in [3.05, 3.63) is 30.3 Å². The van der Waals surface area contributed by atoms with Gasteiger partial charge in [-0.3, -0.25) is 9.69 Å². The first kappa shape index (κ1) is 20.1. The number of carbonyl (C=O) groups excluding carboxylic acids is 1. The van der Waals surface area contributed by atoms with Crippen LogP contribution in [0.2, 0.25) is 0 Å². The highest BCUT2D eigenvalue weighted by atomic mass is 16.5. The van der Waals surface area contributed by atoms with Crippen LogP contribution in [0.1, 0.15) is 27.2 Å². The third-order valence-corrected chi connectivity index (χ3v) is 6.29. The van der Waals surface area contributed by atoms with Crippen molar-refractivity contribution in [2.24, 2.45) is 11.1 Å². The number of rotatable bonds is 7. The van der Waals surface area contributed by atoms with Gasteiger partial charge in [-0.05, 0) is 19.1 Å². The van der Waals surface area contributed by atoms with Gasteiger partial charge >= 0.3 is 0 Å². The van der Waals surface area contributed by atoms with Gasteiger partial charge in [0, 0.05) is 51.2 Å². The molecule has 3 rings (SSSR count). The number of ether oxygens (including phenoxy) is 2. The Kier molecular flexibility index (Phi) is 6.08. The van der Waals surface area contributed by atoms with Crippen LogP contribution in [0.4, 0.5) is 0 Å². The number of amides is 1. The fourth-order valence-electron chi connectivity index (χ4n) is 4.06. The van der Waals surface area contributed by atoms with Crippen molar-refractivity contribution < 1.29 is 14.3 Å². The fourth-order valence-corrected chi connectivity index (χ4v) is 4.06. The molecule has 0 spiro atoms. The molecule has 150 valence electrons. The molecule has 2 unspecified atom stereocenters. The minimum atomic E-state index is -0.814. The molecule has 2 N–H and O–H groups in total. The Bertz CT molecular complexity index is 629. The molecule has 0 radical (unpaired) electrons. The van der Waals surface area contributed by atoms with Gasteiger partial charge < -0.3 is 20.1 Å². The van der Waals surface area contributed by atoms with E-state index in [0.717, 1.165) is 38.5 Å². The largest absolute Gasteiger partial charge is 0.492 e. The van der Waals surface area contributed by atoms with E-state index in [0.29, 0.717) is 19.6 Å². The topological polar surface area (TPSA) is 68.0 Å². The Morgan fingerprint density at radius 2 is 1.85 bits per heavy atom. The van der Waals surface area contributed by atoms with Gasteiger partial charge in [-0.15, -0.1) is 0 Å². The fraction of sp³-hybridized carbons (Fsp3) is 0.667. The van der Waals surface area contributed by atoms with Crippen LogP contribution >= 0.6 is 0 Å². The summed E-state index contributed by atoms with van der Waals surface area (Å²) >= 11 is 0. The molecule has 27 heavy (non-hydrogen) atoms. The molecule has 6 nitrogen and oxygen atoms in total. The molecule has 1 aliphatic heterocycles. The van der Waals surface area contributed by atoms with E-state index in [4.69, 9.17) is 15.2 Å². The van der Waals surface area contributed by atoms with E-state index in [-0.39, 0.29) is 17.4 Å². The highest BCUT2D eigenvalue weighted by molar-refractivity contribution is 5.89. The van der Waals surface area contributed by atoms with Crippen LogP contribution in [-0.4, -0.2) is 73.3 Å². The summed E-state index contributed by atoms with van der Waals surface area (Å²) in [4.78, 5) is 17.3. The van der Waals surface area contributed by atoms with E-state index in [9.17, 15) is 4.79 Å². The predicted molar refractivity (Wildman–Crippen MR) is 106 cm³/mol. The summed E-state index contributed by atoms with van der Waals surface area (Å²) < 4.78 is 11.5. The lowest BCUT2D eigenvalue weighted by Crippen LogP contribution is -2.76. The molecule has 1 heterocycles. The van der Waals surface area contributed by atoms with Crippen LogP contribution < -0.4 is 10.5 Å². The molecule has 2 aliphatic rings. The molecule has 2 fully saturated rings. The van der Waals surface area contributed by atoms with Crippen LogP contribution in [0.3, 0.4) is 0 Å². The van der Waals surface area contributed by atoms with E-state index in [1.807, 2.05) is 56.0 Å². The number of hydrogen-bond donors (Lipinski definition) is 1. The van der Waals surface area contributed by atoms with Crippen LogP contribution in [-0.2, 0) is 9.53 Å². The van der Waals surface area contributed by atoms with Crippen LogP contribution in [0.5, 0.6) is 5.75 Å². The van der Waals surface area contributed by atoms with Crippen molar-refractivity contribution in [2.45, 2.75) is 38.8 Å². The number of carbonyl (C=O) groups is 1. The van der Waals surface area contributed by atoms with E-state index >= 15 is 0 Å². The Morgan fingerprint density at radius 3 is 2.44 bits per heavy atom. The maximum Gasteiger partial charge on any atom is 0.243 e. The minimum Gasteiger partial charge on any atom is -0.492 e. The van der Waals surface area contributed by atoms with Crippen LogP contribution in [0.25, 0.3) is 0 Å². The number of piperazine rings is 1. The smallest absolute Gasteiger partial charge is 0.243 e. The summed E-state index contributed by atoms with van der Waals surface area (Å²) in [5.41, 5.74) is 5.40. The Labute approximate surface area is 162 Å². The molecule has 1 aromatic carbocycles. The third kappa shape index (κ3) is 3.98. The maximum atomic E-state index is 13.1. The van der Waals surface area contributed by atoms with Crippen LogP contribution in [0.15, 0.2) is 30.3 Å². The summed E-state index contributed by atoms with van der Waals surface area (Å²) in [6, 6.07) is 9.86. The third-order valence-electron chi connectivity index (χ3n) is 6.29. The zero-order chi connectivity index (χ0) is 19.5. The summed E-state index contributed by atoms with van der Waals surface area (Å²) in [7, 11) is 0. The Hall–Kier alpha value is -1.63. The molecule has 1 aromatic rings. The molecule has 6 heteroatoms. The number of nitrogens with zero attached hydrogens (tertiary/aromatic N) is 2. The average molecular weight is 376 g/mol. The van der Waals surface area contributed by atoms with Gasteiger partial charge in [0.05, 0.1) is 6.10 Å². The first-order valence-corrected chi connectivity index (χ1v) is 9.98. The zero-order valence-electron chi connectivity index (χ0n) is 16.8. The molecule has 1 amide bonds. The van der Waals surface area contributed by atoms with Crippen molar-refractivity contribution in [3.63, 3.8) is 0 Å². The predicted octanol–water partition coefficient (Wildman–Crippen LogP) is 1.74. The molecule has 2 atom stereocenters. The quantitative estimate of drug-likeness (QED) is 0.786. The lowest BCUT2D eigenvalue weighted by atomic mass is 9.54. The van der Waals surface area contributed by atoms with E-state index in [1.54, 1.807) is 0 Å². The van der Waals surface area contributed by atoms with E-state index in [2.05, 4.69) is 4.90 Å². The van der Waals surface area contributed by atoms with Gasteiger partial charge in [0.1, 0.15) is 17.9 Å². The first-order valence-electron chi connectivity index (χ1n) is 9.98. The summed E-state index contributed by atoms with van der Waals surface area (Å²) in [6.07, 6.45) is 0.672. The number of hydrogen-bond acceptors (Lipinski definition) is 5. The second kappa shape index (κ2) is 8.17.